The molecule has 0 unspecified atom stereocenters. The Bertz CT molecular complexity index is 915. The van der Waals surface area contributed by atoms with Crippen LogP contribution in [-0.4, -0.2) is 84.5 Å². The van der Waals surface area contributed by atoms with Crippen molar-refractivity contribution in [2.24, 2.45) is 11.8 Å². The van der Waals surface area contributed by atoms with Gasteiger partial charge in [-0.05, 0) is 51.9 Å². The predicted molar refractivity (Wildman–Crippen MR) is 150 cm³/mol. The molecule has 40 heavy (non-hydrogen) atoms. The molecule has 0 saturated carbocycles. The van der Waals surface area contributed by atoms with Gasteiger partial charge in [0, 0.05) is 19.7 Å². The van der Waals surface area contributed by atoms with Gasteiger partial charge in [0.1, 0.15) is 17.7 Å². The maximum Gasteiger partial charge on any atom is 0.408 e. The molecule has 0 bridgehead atoms. The standard InChI is InChI=1S/C29H48N4O7/c1-7-14-30-26(36)24(34)21-13-11-9-8-10-12-15-39-18-22(32-28(38)40-29(4,5)6)27(37)33-17-20(19(2)3)16-23(33)25(35)31-21/h7,19-23H,1,8-18H2,2-6H3,(H,30,36)(H,31,35)(H,32,38)/t20-,21+,22+,23+/m1/s1. The van der Waals surface area contributed by atoms with Crippen LogP contribution in [0, 0.1) is 11.8 Å². The van der Waals surface area contributed by atoms with Crippen molar-refractivity contribution in [2.45, 2.75) is 103 Å². The van der Waals surface area contributed by atoms with E-state index in [0.717, 1.165) is 25.7 Å². The molecule has 4 atom stereocenters. The fourth-order valence-corrected chi connectivity index (χ4v) is 4.90. The molecule has 0 aromatic heterocycles. The number of Topliss-reactive ketones (excluding diaryl/α,β-unsaturated/α-hetero) is 1. The Hall–Kier alpha value is -2.95. The summed E-state index contributed by atoms with van der Waals surface area (Å²) in [6.07, 6.45) is 5.49. The Morgan fingerprint density at radius 1 is 1.15 bits per heavy atom. The first-order chi connectivity index (χ1) is 18.8. The highest BCUT2D eigenvalue weighted by molar-refractivity contribution is 6.38. The lowest BCUT2D eigenvalue weighted by atomic mass is 9.93. The number of ketones is 1. The minimum atomic E-state index is -1.05. The highest BCUT2D eigenvalue weighted by Crippen LogP contribution is 2.30. The molecule has 226 valence electrons. The second kappa shape index (κ2) is 15.7. The zero-order chi connectivity index (χ0) is 29.9. The quantitative estimate of drug-likeness (QED) is 0.332. The molecular weight excluding hydrogens is 516 g/mol. The molecule has 2 rings (SSSR count). The van der Waals surface area contributed by atoms with Gasteiger partial charge >= 0.3 is 6.09 Å². The van der Waals surface area contributed by atoms with E-state index in [1.54, 1.807) is 20.8 Å². The third-order valence-corrected chi connectivity index (χ3v) is 7.18. The average Bonchev–Trinajstić information content (AvgIpc) is 3.33. The molecule has 0 aromatic carbocycles. The molecule has 0 aromatic rings. The number of hydrogen-bond donors (Lipinski definition) is 3. The number of fused-ring (bicyclic) bond motifs is 1. The van der Waals surface area contributed by atoms with Gasteiger partial charge in [-0.15, -0.1) is 6.58 Å². The van der Waals surface area contributed by atoms with Crippen molar-refractivity contribution in [3.63, 3.8) is 0 Å². The number of carbonyl (C=O) groups excluding carboxylic acids is 5. The number of hydrogen-bond acceptors (Lipinski definition) is 7. The number of nitrogens with one attached hydrogen (secondary N) is 3. The Labute approximate surface area is 238 Å². The fraction of sp³-hybridized carbons (Fsp3) is 0.759. The first-order valence-corrected chi connectivity index (χ1v) is 14.4. The number of rotatable bonds is 6. The van der Waals surface area contributed by atoms with E-state index in [2.05, 4.69) is 22.5 Å². The summed E-state index contributed by atoms with van der Waals surface area (Å²) in [4.78, 5) is 66.9. The molecule has 0 spiro atoms. The lowest BCUT2D eigenvalue weighted by Gasteiger charge is -2.30. The van der Waals surface area contributed by atoms with Gasteiger partial charge in [0.15, 0.2) is 0 Å². The largest absolute Gasteiger partial charge is 0.444 e. The lowest BCUT2D eigenvalue weighted by Crippen LogP contribution is -2.57. The van der Waals surface area contributed by atoms with Gasteiger partial charge in [0.05, 0.1) is 12.6 Å². The van der Waals surface area contributed by atoms with Crippen molar-refractivity contribution < 1.29 is 33.4 Å². The summed E-state index contributed by atoms with van der Waals surface area (Å²) in [5.74, 6) is -2.21. The van der Waals surface area contributed by atoms with Crippen molar-refractivity contribution >= 4 is 29.6 Å². The highest BCUT2D eigenvalue weighted by atomic mass is 16.6. The van der Waals surface area contributed by atoms with E-state index < -0.39 is 53.3 Å². The van der Waals surface area contributed by atoms with Gasteiger partial charge in [-0.25, -0.2) is 4.79 Å². The van der Waals surface area contributed by atoms with E-state index >= 15 is 0 Å². The third-order valence-electron chi connectivity index (χ3n) is 7.18. The molecule has 11 heteroatoms. The summed E-state index contributed by atoms with van der Waals surface area (Å²) in [6.45, 7) is 13.6. The molecule has 2 aliphatic heterocycles. The first-order valence-electron chi connectivity index (χ1n) is 14.4. The van der Waals surface area contributed by atoms with Crippen LogP contribution in [0.15, 0.2) is 12.7 Å². The predicted octanol–water partition coefficient (Wildman–Crippen LogP) is 2.48. The van der Waals surface area contributed by atoms with Crippen LogP contribution >= 0.6 is 0 Å². The van der Waals surface area contributed by atoms with Gasteiger partial charge in [0.25, 0.3) is 5.91 Å². The fourth-order valence-electron chi connectivity index (χ4n) is 4.90. The number of amides is 4. The molecule has 2 saturated heterocycles. The summed E-state index contributed by atoms with van der Waals surface area (Å²) in [6, 6.07) is -2.91. The molecule has 0 radical (unpaired) electrons. The number of alkyl carbamates (subject to hydrolysis) is 1. The second-order valence-electron chi connectivity index (χ2n) is 12.0. The SMILES string of the molecule is C=CCNC(=O)C(=O)[C@@H]1CCCCCCCOC[C@H](NC(=O)OC(C)(C)C)C(=O)N2C[C@H](C(C)C)C[C@H]2C(=O)N1. The Morgan fingerprint density at radius 2 is 1.82 bits per heavy atom. The zero-order valence-corrected chi connectivity index (χ0v) is 24.8. The smallest absolute Gasteiger partial charge is 0.408 e. The Balaban J connectivity index is 2.34. The van der Waals surface area contributed by atoms with Crippen LogP contribution in [0.5, 0.6) is 0 Å². The summed E-state index contributed by atoms with van der Waals surface area (Å²) < 4.78 is 11.2. The van der Waals surface area contributed by atoms with E-state index in [1.165, 1.54) is 11.0 Å². The van der Waals surface area contributed by atoms with Crippen LogP contribution < -0.4 is 16.0 Å². The topological polar surface area (TPSA) is 143 Å². The maximum absolute atomic E-state index is 13.8. The van der Waals surface area contributed by atoms with Crippen LogP contribution in [0.2, 0.25) is 0 Å². The molecule has 0 aliphatic carbocycles. The molecule has 2 fully saturated rings. The highest BCUT2D eigenvalue weighted by Gasteiger charge is 2.44. The summed E-state index contributed by atoms with van der Waals surface area (Å²) in [7, 11) is 0. The molecule has 2 heterocycles. The van der Waals surface area contributed by atoms with Gasteiger partial charge in [-0.1, -0.05) is 45.6 Å². The van der Waals surface area contributed by atoms with Crippen LogP contribution in [0.1, 0.15) is 79.6 Å². The van der Waals surface area contributed by atoms with E-state index in [1.807, 2.05) is 13.8 Å². The van der Waals surface area contributed by atoms with E-state index in [-0.39, 0.29) is 25.0 Å². The Morgan fingerprint density at radius 3 is 2.48 bits per heavy atom. The monoisotopic (exact) mass is 564 g/mol. The molecule has 3 N–H and O–H groups in total. The lowest BCUT2D eigenvalue weighted by molar-refractivity contribution is -0.143. The molecule has 2 aliphatic rings. The molecule has 4 amide bonds. The first kappa shape index (κ1) is 33.3. The average molecular weight is 565 g/mol. The van der Waals surface area contributed by atoms with E-state index in [9.17, 15) is 24.0 Å². The summed E-state index contributed by atoms with van der Waals surface area (Å²) >= 11 is 0. The zero-order valence-electron chi connectivity index (χ0n) is 24.8. The van der Waals surface area contributed by atoms with Crippen molar-refractivity contribution in [2.75, 3.05) is 26.3 Å². The second-order valence-corrected chi connectivity index (χ2v) is 12.0. The number of nitrogens with zero attached hydrogens (tertiary/aromatic N) is 1. The van der Waals surface area contributed by atoms with Crippen molar-refractivity contribution in [3.8, 4) is 0 Å². The minimum absolute atomic E-state index is 0.0370. The molecular formula is C29H48N4O7. The van der Waals surface area contributed by atoms with E-state index in [4.69, 9.17) is 9.47 Å². The van der Waals surface area contributed by atoms with Crippen LogP contribution in [0.4, 0.5) is 4.79 Å². The molecule has 11 nitrogen and oxygen atoms in total. The van der Waals surface area contributed by atoms with Crippen LogP contribution in [0.25, 0.3) is 0 Å². The van der Waals surface area contributed by atoms with E-state index in [0.29, 0.717) is 32.4 Å². The summed E-state index contributed by atoms with van der Waals surface area (Å²) in [5.41, 5.74) is -0.759. The number of ether oxygens (including phenoxy) is 2. The van der Waals surface area contributed by atoms with Crippen molar-refractivity contribution in [1.82, 2.24) is 20.9 Å². The van der Waals surface area contributed by atoms with Gasteiger partial charge in [0.2, 0.25) is 17.6 Å². The van der Waals surface area contributed by atoms with Crippen LogP contribution in [-0.2, 0) is 28.7 Å². The summed E-state index contributed by atoms with van der Waals surface area (Å²) in [5, 5.41) is 7.91. The van der Waals surface area contributed by atoms with Crippen molar-refractivity contribution in [3.05, 3.63) is 12.7 Å². The Kier molecular flexibility index (Phi) is 13.1. The van der Waals surface area contributed by atoms with Crippen molar-refractivity contribution in [1.29, 1.82) is 0 Å². The number of carbonyl (C=O) groups is 5. The third kappa shape index (κ3) is 10.6. The van der Waals surface area contributed by atoms with Gasteiger partial charge < -0.3 is 30.3 Å². The normalized spacial score (nSPS) is 25.5. The van der Waals surface area contributed by atoms with Gasteiger partial charge in [-0.3, -0.25) is 19.2 Å². The van der Waals surface area contributed by atoms with Gasteiger partial charge in [-0.2, -0.15) is 0 Å². The minimum Gasteiger partial charge on any atom is -0.444 e. The van der Waals surface area contributed by atoms with Crippen LogP contribution in [0.3, 0.4) is 0 Å². The maximum atomic E-state index is 13.8.